The number of rotatable bonds is 3. The van der Waals surface area contributed by atoms with Gasteiger partial charge in [-0.15, -0.1) is 0 Å². The van der Waals surface area contributed by atoms with Crippen LogP contribution in [-0.2, 0) is 0 Å². The van der Waals surface area contributed by atoms with E-state index in [2.05, 4.69) is 0 Å². The lowest BCUT2D eigenvalue weighted by atomic mass is 9.94. The van der Waals surface area contributed by atoms with Gasteiger partial charge in [0.25, 0.3) is 0 Å². The van der Waals surface area contributed by atoms with Crippen LogP contribution in [0.2, 0.25) is 5.02 Å². The minimum atomic E-state index is -0.793. The fourth-order valence-corrected chi connectivity index (χ4v) is 2.81. The van der Waals surface area contributed by atoms with E-state index in [1.54, 1.807) is 7.11 Å². The summed E-state index contributed by atoms with van der Waals surface area (Å²) in [5, 5.41) is 11.3. The molecule has 106 valence electrons. The van der Waals surface area contributed by atoms with Gasteiger partial charge in [-0.2, -0.15) is 0 Å². The number of hydrogen-bond acceptors (Lipinski definition) is 2. The Morgan fingerprint density at radius 2 is 1.75 bits per heavy atom. The first-order valence-corrected chi connectivity index (χ1v) is 6.91. The number of aliphatic hydroxyl groups is 1. The monoisotopic (exact) mass is 290 g/mol. The molecule has 0 fully saturated rings. The minimum absolute atomic E-state index is 0.569. The number of aliphatic hydroxyl groups excluding tert-OH is 1. The normalized spacial score (nSPS) is 12.3. The Morgan fingerprint density at radius 3 is 2.35 bits per heavy atom. The van der Waals surface area contributed by atoms with Crippen molar-refractivity contribution in [3.05, 3.63) is 63.2 Å². The third-order valence-corrected chi connectivity index (χ3v) is 3.76. The molecule has 0 amide bonds. The van der Waals surface area contributed by atoms with Crippen LogP contribution >= 0.6 is 11.6 Å². The predicted molar refractivity (Wildman–Crippen MR) is 82.7 cm³/mol. The number of aryl methyl sites for hydroxylation is 3. The van der Waals surface area contributed by atoms with Gasteiger partial charge in [0.15, 0.2) is 0 Å². The van der Waals surface area contributed by atoms with E-state index in [0.717, 1.165) is 22.3 Å². The quantitative estimate of drug-likeness (QED) is 0.910. The summed E-state index contributed by atoms with van der Waals surface area (Å²) in [5.41, 5.74) is 4.63. The van der Waals surface area contributed by atoms with Gasteiger partial charge in [0.1, 0.15) is 11.9 Å². The van der Waals surface area contributed by atoms with Gasteiger partial charge in [-0.05, 0) is 49.6 Å². The maximum atomic E-state index is 10.7. The van der Waals surface area contributed by atoms with Gasteiger partial charge in [-0.1, -0.05) is 29.8 Å². The molecule has 0 saturated carbocycles. The number of ether oxygens (including phenoxy) is 1. The summed E-state index contributed by atoms with van der Waals surface area (Å²) in [6, 6.07) is 9.62. The van der Waals surface area contributed by atoms with Crippen molar-refractivity contribution in [2.24, 2.45) is 0 Å². The molecule has 0 aliphatic heterocycles. The Kier molecular flexibility index (Phi) is 4.36. The van der Waals surface area contributed by atoms with Crippen molar-refractivity contribution in [3.63, 3.8) is 0 Å². The number of hydrogen-bond donors (Lipinski definition) is 1. The zero-order valence-corrected chi connectivity index (χ0v) is 13.0. The lowest BCUT2D eigenvalue weighted by molar-refractivity contribution is 0.214. The highest BCUT2D eigenvalue weighted by Crippen LogP contribution is 2.36. The highest BCUT2D eigenvalue weighted by Gasteiger charge is 2.20. The summed E-state index contributed by atoms with van der Waals surface area (Å²) in [7, 11) is 1.61. The largest absolute Gasteiger partial charge is 0.496 e. The van der Waals surface area contributed by atoms with E-state index in [-0.39, 0.29) is 0 Å². The topological polar surface area (TPSA) is 29.5 Å². The van der Waals surface area contributed by atoms with Gasteiger partial charge in [-0.3, -0.25) is 0 Å². The SMILES string of the molecule is COc1cc(C)cc(C)c1C(O)c1ccc(C)cc1Cl. The molecule has 2 aromatic rings. The Balaban J connectivity index is 2.55. The van der Waals surface area contributed by atoms with E-state index in [0.29, 0.717) is 16.3 Å². The van der Waals surface area contributed by atoms with Crippen molar-refractivity contribution >= 4 is 11.6 Å². The average molecular weight is 291 g/mol. The molecule has 0 aromatic heterocycles. The molecule has 0 aliphatic carbocycles. The zero-order chi connectivity index (χ0) is 14.9. The molecule has 0 aliphatic rings. The third-order valence-electron chi connectivity index (χ3n) is 3.44. The maximum absolute atomic E-state index is 10.7. The van der Waals surface area contributed by atoms with Crippen molar-refractivity contribution in [1.82, 2.24) is 0 Å². The van der Waals surface area contributed by atoms with Crippen LogP contribution in [0.1, 0.15) is 33.9 Å². The fourth-order valence-electron chi connectivity index (χ4n) is 2.47. The second-order valence-corrected chi connectivity index (χ2v) is 5.53. The van der Waals surface area contributed by atoms with E-state index in [9.17, 15) is 5.11 Å². The first kappa shape index (κ1) is 14.9. The smallest absolute Gasteiger partial charge is 0.125 e. The van der Waals surface area contributed by atoms with Crippen molar-refractivity contribution in [1.29, 1.82) is 0 Å². The Labute approximate surface area is 125 Å². The van der Waals surface area contributed by atoms with Crippen LogP contribution in [0.4, 0.5) is 0 Å². The molecular formula is C17H19ClO2. The maximum Gasteiger partial charge on any atom is 0.125 e. The van der Waals surface area contributed by atoms with E-state index in [1.807, 2.05) is 51.1 Å². The van der Waals surface area contributed by atoms with E-state index >= 15 is 0 Å². The lowest BCUT2D eigenvalue weighted by Gasteiger charge is -2.19. The minimum Gasteiger partial charge on any atom is -0.496 e. The van der Waals surface area contributed by atoms with Gasteiger partial charge in [0.05, 0.1) is 7.11 Å². The molecule has 0 spiro atoms. The van der Waals surface area contributed by atoms with Crippen LogP contribution in [0, 0.1) is 20.8 Å². The molecule has 0 radical (unpaired) electrons. The highest BCUT2D eigenvalue weighted by molar-refractivity contribution is 6.31. The molecule has 1 N–H and O–H groups in total. The van der Waals surface area contributed by atoms with E-state index in [4.69, 9.17) is 16.3 Å². The van der Waals surface area contributed by atoms with Crippen molar-refractivity contribution in [2.45, 2.75) is 26.9 Å². The average Bonchev–Trinajstić information content (AvgIpc) is 2.37. The van der Waals surface area contributed by atoms with Crippen LogP contribution in [-0.4, -0.2) is 12.2 Å². The van der Waals surface area contributed by atoms with Gasteiger partial charge in [0, 0.05) is 16.1 Å². The van der Waals surface area contributed by atoms with Crippen LogP contribution in [0.15, 0.2) is 30.3 Å². The van der Waals surface area contributed by atoms with Crippen LogP contribution in [0.25, 0.3) is 0 Å². The molecule has 1 atom stereocenters. The molecule has 3 heteroatoms. The summed E-state index contributed by atoms with van der Waals surface area (Å²) >= 11 is 6.25. The van der Waals surface area contributed by atoms with Crippen LogP contribution in [0.3, 0.4) is 0 Å². The Morgan fingerprint density at radius 1 is 1.05 bits per heavy atom. The molecule has 1 unspecified atom stereocenters. The van der Waals surface area contributed by atoms with Crippen molar-refractivity contribution < 1.29 is 9.84 Å². The molecular weight excluding hydrogens is 272 g/mol. The van der Waals surface area contributed by atoms with E-state index in [1.165, 1.54) is 0 Å². The first-order valence-electron chi connectivity index (χ1n) is 6.53. The van der Waals surface area contributed by atoms with Gasteiger partial charge < -0.3 is 9.84 Å². The summed E-state index contributed by atoms with van der Waals surface area (Å²) in [4.78, 5) is 0. The Hall–Kier alpha value is -1.51. The number of halogens is 1. The summed E-state index contributed by atoms with van der Waals surface area (Å²) in [6.45, 7) is 5.94. The van der Waals surface area contributed by atoms with E-state index < -0.39 is 6.10 Å². The molecule has 20 heavy (non-hydrogen) atoms. The third kappa shape index (κ3) is 2.82. The summed E-state index contributed by atoms with van der Waals surface area (Å²) in [6.07, 6.45) is -0.793. The second kappa shape index (κ2) is 5.86. The lowest BCUT2D eigenvalue weighted by Crippen LogP contribution is -2.06. The van der Waals surface area contributed by atoms with Gasteiger partial charge in [0.2, 0.25) is 0 Å². The van der Waals surface area contributed by atoms with Gasteiger partial charge in [-0.25, -0.2) is 0 Å². The first-order chi connectivity index (χ1) is 9.43. The van der Waals surface area contributed by atoms with Crippen LogP contribution in [0.5, 0.6) is 5.75 Å². The molecule has 0 bridgehead atoms. The van der Waals surface area contributed by atoms with Crippen molar-refractivity contribution in [2.75, 3.05) is 7.11 Å². The summed E-state index contributed by atoms with van der Waals surface area (Å²) in [5.74, 6) is 0.687. The Bertz CT molecular complexity index is 635. The molecule has 2 aromatic carbocycles. The van der Waals surface area contributed by atoms with Crippen LogP contribution < -0.4 is 4.74 Å². The predicted octanol–water partition coefficient (Wildman–Crippen LogP) is 4.36. The summed E-state index contributed by atoms with van der Waals surface area (Å²) < 4.78 is 5.41. The molecule has 2 nitrogen and oxygen atoms in total. The standard InChI is InChI=1S/C17H19ClO2/c1-10-5-6-13(14(18)8-10)17(19)16-12(3)7-11(2)9-15(16)20-4/h5-9,17,19H,1-4H3. The second-order valence-electron chi connectivity index (χ2n) is 5.13. The molecule has 0 heterocycles. The highest BCUT2D eigenvalue weighted by atomic mass is 35.5. The number of methoxy groups -OCH3 is 1. The molecule has 0 saturated heterocycles. The fraction of sp³-hybridized carbons (Fsp3) is 0.294. The molecule has 2 rings (SSSR count). The van der Waals surface area contributed by atoms with Gasteiger partial charge >= 0.3 is 0 Å². The number of benzene rings is 2. The zero-order valence-electron chi connectivity index (χ0n) is 12.2. The van der Waals surface area contributed by atoms with Crippen molar-refractivity contribution in [3.8, 4) is 5.75 Å².